The molecule has 0 amide bonds. The highest BCUT2D eigenvalue weighted by molar-refractivity contribution is 7.99. The van der Waals surface area contributed by atoms with Crippen LogP contribution in [0.5, 0.6) is 0 Å². The number of hydrogen-bond donors (Lipinski definition) is 2. The molecule has 0 aliphatic carbocycles. The van der Waals surface area contributed by atoms with Gasteiger partial charge in [-0.1, -0.05) is 30.3 Å². The zero-order valence-corrected chi connectivity index (χ0v) is 12.0. The summed E-state index contributed by atoms with van der Waals surface area (Å²) in [4.78, 5) is 8.83. The lowest BCUT2D eigenvalue weighted by Crippen LogP contribution is -2.09. The molecule has 2 aromatic heterocycles. The van der Waals surface area contributed by atoms with Gasteiger partial charge in [0.15, 0.2) is 5.82 Å². The summed E-state index contributed by atoms with van der Waals surface area (Å²) in [5.74, 6) is 7.06. The summed E-state index contributed by atoms with van der Waals surface area (Å²) in [6.45, 7) is 1.74. The number of aromatic nitrogens is 4. The van der Waals surface area contributed by atoms with Gasteiger partial charge in [-0.25, -0.2) is 15.8 Å². The number of hydrazine groups is 1. The Hall–Kier alpha value is -2.45. The third-order valence-corrected chi connectivity index (χ3v) is 3.34. The molecular weight excluding hydrogens is 288 g/mol. The Labute approximate surface area is 125 Å². The van der Waals surface area contributed by atoms with Crippen molar-refractivity contribution in [3.63, 3.8) is 0 Å². The first kappa shape index (κ1) is 13.5. The molecule has 0 unspecified atom stereocenters. The molecule has 2 heterocycles. The van der Waals surface area contributed by atoms with E-state index >= 15 is 0 Å². The minimum Gasteiger partial charge on any atom is -0.416 e. The molecule has 7 nitrogen and oxygen atoms in total. The Morgan fingerprint density at radius 3 is 2.62 bits per heavy atom. The van der Waals surface area contributed by atoms with Gasteiger partial charge in [0.25, 0.3) is 5.22 Å². The normalized spacial score (nSPS) is 10.6. The first-order chi connectivity index (χ1) is 10.2. The van der Waals surface area contributed by atoms with Gasteiger partial charge in [0.05, 0.1) is 0 Å². The largest absolute Gasteiger partial charge is 0.416 e. The molecule has 3 N–H and O–H groups in total. The number of rotatable bonds is 4. The molecule has 1 aromatic carbocycles. The second-order valence-corrected chi connectivity index (χ2v) is 5.09. The van der Waals surface area contributed by atoms with E-state index in [1.165, 1.54) is 11.8 Å². The summed E-state index contributed by atoms with van der Waals surface area (Å²) in [6, 6.07) is 11.4. The van der Waals surface area contributed by atoms with Crippen LogP contribution in [0, 0.1) is 6.92 Å². The zero-order chi connectivity index (χ0) is 14.7. The standard InChI is InChI=1S/C13H12N6OS/c1-8-18-19-13(20-8)21-11-7-10(17-14)15-12(16-11)9-5-3-2-4-6-9/h2-7H,14H2,1H3,(H,15,16,17). The molecule has 3 rings (SSSR count). The van der Waals surface area contributed by atoms with Crippen LogP contribution in [0.15, 0.2) is 51.1 Å². The van der Waals surface area contributed by atoms with Crippen LogP contribution in [0.3, 0.4) is 0 Å². The fourth-order valence-electron chi connectivity index (χ4n) is 1.68. The minimum absolute atomic E-state index is 0.424. The molecule has 0 spiro atoms. The van der Waals surface area contributed by atoms with Crippen molar-refractivity contribution >= 4 is 17.6 Å². The molecule has 0 atom stereocenters. The van der Waals surface area contributed by atoms with Gasteiger partial charge in [0, 0.05) is 18.6 Å². The van der Waals surface area contributed by atoms with Crippen LogP contribution in [-0.2, 0) is 0 Å². The van der Waals surface area contributed by atoms with E-state index < -0.39 is 0 Å². The smallest absolute Gasteiger partial charge is 0.282 e. The maximum Gasteiger partial charge on any atom is 0.282 e. The van der Waals surface area contributed by atoms with Crippen molar-refractivity contribution in [1.29, 1.82) is 0 Å². The SMILES string of the molecule is Cc1nnc(Sc2cc(NN)nc(-c3ccccc3)n2)o1. The lowest BCUT2D eigenvalue weighted by Gasteiger charge is -2.06. The van der Waals surface area contributed by atoms with Gasteiger partial charge >= 0.3 is 0 Å². The van der Waals surface area contributed by atoms with Gasteiger partial charge in [-0.3, -0.25) is 0 Å². The lowest BCUT2D eigenvalue weighted by molar-refractivity contribution is 0.429. The fourth-order valence-corrected chi connectivity index (χ4v) is 2.40. The monoisotopic (exact) mass is 300 g/mol. The zero-order valence-electron chi connectivity index (χ0n) is 11.1. The van der Waals surface area contributed by atoms with Gasteiger partial charge < -0.3 is 9.84 Å². The highest BCUT2D eigenvalue weighted by atomic mass is 32.2. The lowest BCUT2D eigenvalue weighted by atomic mass is 10.2. The maximum atomic E-state index is 5.46. The second-order valence-electron chi connectivity index (χ2n) is 4.11. The second kappa shape index (κ2) is 5.90. The molecule has 0 bridgehead atoms. The number of anilines is 1. The highest BCUT2D eigenvalue weighted by Gasteiger charge is 2.11. The van der Waals surface area contributed by atoms with Crippen molar-refractivity contribution in [2.45, 2.75) is 17.2 Å². The molecular formula is C13H12N6OS. The predicted octanol–water partition coefficient (Wildman–Crippen LogP) is 2.27. The van der Waals surface area contributed by atoms with Crippen LogP contribution < -0.4 is 11.3 Å². The summed E-state index contributed by atoms with van der Waals surface area (Å²) in [7, 11) is 0. The van der Waals surface area contributed by atoms with Gasteiger partial charge in [0.2, 0.25) is 5.89 Å². The van der Waals surface area contributed by atoms with Crippen LogP contribution in [0.25, 0.3) is 11.4 Å². The molecule has 0 saturated carbocycles. The average molecular weight is 300 g/mol. The van der Waals surface area contributed by atoms with Gasteiger partial charge in [0.1, 0.15) is 10.8 Å². The third-order valence-electron chi connectivity index (χ3n) is 2.58. The van der Waals surface area contributed by atoms with Crippen molar-refractivity contribution < 1.29 is 4.42 Å². The Balaban J connectivity index is 1.97. The van der Waals surface area contributed by atoms with E-state index in [0.29, 0.717) is 27.8 Å². The van der Waals surface area contributed by atoms with E-state index in [1.54, 1.807) is 13.0 Å². The number of nitrogens with one attached hydrogen (secondary N) is 1. The van der Waals surface area contributed by atoms with E-state index in [1.807, 2.05) is 30.3 Å². The van der Waals surface area contributed by atoms with E-state index in [4.69, 9.17) is 10.3 Å². The average Bonchev–Trinajstić information content (AvgIpc) is 2.93. The molecule has 21 heavy (non-hydrogen) atoms. The first-order valence-electron chi connectivity index (χ1n) is 6.13. The fraction of sp³-hybridized carbons (Fsp3) is 0.0769. The first-order valence-corrected chi connectivity index (χ1v) is 6.95. The number of nitrogens with two attached hydrogens (primary N) is 1. The van der Waals surface area contributed by atoms with Crippen molar-refractivity contribution in [3.05, 3.63) is 42.3 Å². The van der Waals surface area contributed by atoms with Gasteiger partial charge in [-0.15, -0.1) is 10.2 Å². The highest BCUT2D eigenvalue weighted by Crippen LogP contribution is 2.28. The molecule has 0 radical (unpaired) electrons. The minimum atomic E-state index is 0.424. The van der Waals surface area contributed by atoms with Crippen molar-refractivity contribution in [2.75, 3.05) is 5.43 Å². The molecule has 3 aromatic rings. The summed E-state index contributed by atoms with van der Waals surface area (Å²) in [5.41, 5.74) is 3.44. The van der Waals surface area contributed by atoms with Gasteiger partial charge in [-0.2, -0.15) is 0 Å². The van der Waals surface area contributed by atoms with Gasteiger partial charge in [-0.05, 0) is 11.8 Å². The maximum absolute atomic E-state index is 5.46. The summed E-state index contributed by atoms with van der Waals surface area (Å²) in [6.07, 6.45) is 0. The van der Waals surface area contributed by atoms with Crippen LogP contribution in [-0.4, -0.2) is 20.2 Å². The van der Waals surface area contributed by atoms with E-state index in [2.05, 4.69) is 25.6 Å². The number of benzene rings is 1. The molecule has 0 saturated heterocycles. The van der Waals surface area contributed by atoms with Crippen molar-refractivity contribution in [3.8, 4) is 11.4 Å². The van der Waals surface area contributed by atoms with Crippen molar-refractivity contribution in [1.82, 2.24) is 20.2 Å². The van der Waals surface area contributed by atoms with E-state index in [9.17, 15) is 0 Å². The number of aryl methyl sites for hydroxylation is 1. The van der Waals surface area contributed by atoms with Crippen LogP contribution in [0.2, 0.25) is 0 Å². The predicted molar refractivity (Wildman–Crippen MR) is 78.4 cm³/mol. The molecule has 8 heteroatoms. The van der Waals surface area contributed by atoms with E-state index in [0.717, 1.165) is 5.56 Å². The number of nitrogen functional groups attached to an aromatic ring is 1. The number of hydrogen-bond acceptors (Lipinski definition) is 8. The molecule has 0 aliphatic rings. The summed E-state index contributed by atoms with van der Waals surface area (Å²) >= 11 is 1.26. The third kappa shape index (κ3) is 3.18. The quantitative estimate of drug-likeness (QED) is 0.430. The Kier molecular flexibility index (Phi) is 3.80. The molecule has 106 valence electrons. The topological polar surface area (TPSA) is 103 Å². The number of nitrogens with zero attached hydrogens (tertiary/aromatic N) is 4. The Bertz CT molecular complexity index is 745. The summed E-state index contributed by atoms with van der Waals surface area (Å²) in [5, 5.41) is 8.81. The van der Waals surface area contributed by atoms with Crippen LogP contribution >= 0.6 is 11.8 Å². The Morgan fingerprint density at radius 1 is 1.14 bits per heavy atom. The van der Waals surface area contributed by atoms with E-state index in [-0.39, 0.29) is 0 Å². The van der Waals surface area contributed by atoms with Crippen LogP contribution in [0.4, 0.5) is 5.82 Å². The molecule has 0 aliphatic heterocycles. The molecule has 0 fully saturated rings. The van der Waals surface area contributed by atoms with Crippen molar-refractivity contribution in [2.24, 2.45) is 5.84 Å². The summed E-state index contributed by atoms with van der Waals surface area (Å²) < 4.78 is 5.34. The van der Waals surface area contributed by atoms with Crippen LogP contribution in [0.1, 0.15) is 5.89 Å². The Morgan fingerprint density at radius 2 is 1.95 bits per heavy atom.